The van der Waals surface area contributed by atoms with Gasteiger partial charge in [-0.2, -0.15) is 13.2 Å². The zero-order valence-corrected chi connectivity index (χ0v) is 7.30. The molecule has 0 atom stereocenters. The van der Waals surface area contributed by atoms with Crippen LogP contribution in [0.3, 0.4) is 0 Å². The summed E-state index contributed by atoms with van der Waals surface area (Å²) in [6.45, 7) is 0.578. The molecule has 0 saturated carbocycles. The second-order valence-corrected chi connectivity index (χ2v) is 3.20. The Labute approximate surface area is 79.3 Å². The van der Waals surface area contributed by atoms with Crippen LogP contribution in [0.15, 0.2) is 23.2 Å². The molecule has 0 unspecified atom stereocenters. The highest BCUT2D eigenvalue weighted by atomic mass is 19.4. The summed E-state index contributed by atoms with van der Waals surface area (Å²) in [5.74, 6) is 0. The third-order valence-corrected chi connectivity index (χ3v) is 2.21. The van der Waals surface area contributed by atoms with E-state index in [9.17, 15) is 13.2 Å². The molecular weight excluding hydrogens is 191 g/mol. The number of alkyl halides is 3. The third-order valence-electron chi connectivity index (χ3n) is 2.21. The lowest BCUT2D eigenvalue weighted by Crippen LogP contribution is -2.09. The highest BCUT2D eigenvalue weighted by Crippen LogP contribution is 2.30. The van der Waals surface area contributed by atoms with E-state index in [1.54, 1.807) is 6.21 Å². The van der Waals surface area contributed by atoms with Crippen LogP contribution in [0.25, 0.3) is 0 Å². The average molecular weight is 199 g/mol. The van der Waals surface area contributed by atoms with Crippen LogP contribution in [0.1, 0.15) is 16.7 Å². The molecular formula is C10H8F3N. The van der Waals surface area contributed by atoms with Crippen molar-refractivity contribution in [3.8, 4) is 0 Å². The van der Waals surface area contributed by atoms with Crippen molar-refractivity contribution in [1.82, 2.24) is 0 Å². The summed E-state index contributed by atoms with van der Waals surface area (Å²) < 4.78 is 37.0. The van der Waals surface area contributed by atoms with Crippen molar-refractivity contribution in [1.29, 1.82) is 0 Å². The van der Waals surface area contributed by atoms with Crippen LogP contribution < -0.4 is 0 Å². The smallest absolute Gasteiger partial charge is 0.292 e. The van der Waals surface area contributed by atoms with Gasteiger partial charge in [0.15, 0.2) is 0 Å². The molecule has 0 aliphatic carbocycles. The molecule has 0 radical (unpaired) electrons. The zero-order valence-electron chi connectivity index (χ0n) is 7.30. The fourth-order valence-corrected chi connectivity index (χ4v) is 1.47. The first-order valence-electron chi connectivity index (χ1n) is 4.27. The Morgan fingerprint density at radius 2 is 2.00 bits per heavy atom. The van der Waals surface area contributed by atoms with Crippen molar-refractivity contribution < 1.29 is 13.2 Å². The van der Waals surface area contributed by atoms with Crippen molar-refractivity contribution in [2.45, 2.75) is 12.6 Å². The van der Waals surface area contributed by atoms with E-state index >= 15 is 0 Å². The van der Waals surface area contributed by atoms with E-state index in [0.717, 1.165) is 17.2 Å². The molecule has 1 heterocycles. The largest absolute Gasteiger partial charge is 0.416 e. The second kappa shape index (κ2) is 3.12. The van der Waals surface area contributed by atoms with Crippen LogP contribution in [-0.4, -0.2) is 12.8 Å². The van der Waals surface area contributed by atoms with Gasteiger partial charge >= 0.3 is 6.18 Å². The standard InChI is InChI=1S/C10H8F3N/c11-10(12,13)9-2-1-8-6-14-4-3-7(8)5-9/h1-2,5-6H,3-4H2. The van der Waals surface area contributed by atoms with Gasteiger partial charge in [-0.3, -0.25) is 4.99 Å². The molecule has 0 saturated heterocycles. The van der Waals surface area contributed by atoms with Crippen molar-refractivity contribution in [2.24, 2.45) is 4.99 Å². The van der Waals surface area contributed by atoms with E-state index in [2.05, 4.69) is 4.99 Å². The SMILES string of the molecule is FC(F)(F)c1ccc2c(c1)CCN=C2. The van der Waals surface area contributed by atoms with Crippen LogP contribution in [0.2, 0.25) is 0 Å². The molecule has 0 amide bonds. The molecule has 1 aliphatic heterocycles. The Balaban J connectivity index is 2.45. The maximum atomic E-state index is 12.3. The number of nitrogens with zero attached hydrogens (tertiary/aromatic N) is 1. The molecule has 0 aromatic heterocycles. The van der Waals surface area contributed by atoms with Gasteiger partial charge in [-0.15, -0.1) is 0 Å². The maximum Gasteiger partial charge on any atom is 0.416 e. The summed E-state index contributed by atoms with van der Waals surface area (Å²) in [6, 6.07) is 3.78. The second-order valence-electron chi connectivity index (χ2n) is 3.20. The quantitative estimate of drug-likeness (QED) is 0.609. The first kappa shape index (κ1) is 9.24. The van der Waals surface area contributed by atoms with Gasteiger partial charge < -0.3 is 0 Å². The van der Waals surface area contributed by atoms with E-state index in [0.29, 0.717) is 13.0 Å². The topological polar surface area (TPSA) is 12.4 Å². The lowest BCUT2D eigenvalue weighted by Gasteiger charge is -2.13. The predicted octanol–water partition coefficient (Wildman–Crippen LogP) is 2.68. The lowest BCUT2D eigenvalue weighted by molar-refractivity contribution is -0.137. The van der Waals surface area contributed by atoms with Gasteiger partial charge in [0, 0.05) is 12.8 Å². The monoisotopic (exact) mass is 199 g/mol. The number of rotatable bonds is 0. The van der Waals surface area contributed by atoms with E-state index in [1.807, 2.05) is 0 Å². The Morgan fingerprint density at radius 1 is 1.21 bits per heavy atom. The molecule has 0 N–H and O–H groups in total. The third kappa shape index (κ3) is 1.64. The molecule has 1 aromatic carbocycles. The van der Waals surface area contributed by atoms with Crippen LogP contribution in [0.4, 0.5) is 13.2 Å². The first-order chi connectivity index (χ1) is 6.57. The van der Waals surface area contributed by atoms with Crippen molar-refractivity contribution in [2.75, 3.05) is 6.54 Å². The summed E-state index contributed by atoms with van der Waals surface area (Å²) in [5.41, 5.74) is 0.950. The van der Waals surface area contributed by atoms with Crippen molar-refractivity contribution in [3.63, 3.8) is 0 Å². The number of hydrogen-bond acceptors (Lipinski definition) is 1. The predicted molar refractivity (Wildman–Crippen MR) is 47.6 cm³/mol. The number of benzene rings is 1. The average Bonchev–Trinajstić information content (AvgIpc) is 2.16. The van der Waals surface area contributed by atoms with E-state index in [-0.39, 0.29) is 0 Å². The van der Waals surface area contributed by atoms with E-state index < -0.39 is 11.7 Å². The summed E-state index contributed by atoms with van der Waals surface area (Å²) in [5, 5.41) is 0. The Hall–Kier alpha value is -1.32. The molecule has 0 spiro atoms. The summed E-state index contributed by atoms with van der Waals surface area (Å²) in [7, 11) is 0. The highest BCUT2D eigenvalue weighted by molar-refractivity contribution is 5.82. The van der Waals surface area contributed by atoms with Gasteiger partial charge in [-0.05, 0) is 29.7 Å². The number of halogens is 3. The molecule has 14 heavy (non-hydrogen) atoms. The first-order valence-corrected chi connectivity index (χ1v) is 4.27. The molecule has 74 valence electrons. The molecule has 1 aliphatic rings. The number of hydrogen-bond donors (Lipinski definition) is 0. The van der Waals surface area contributed by atoms with Crippen LogP contribution in [0, 0.1) is 0 Å². The molecule has 0 bridgehead atoms. The summed E-state index contributed by atoms with van der Waals surface area (Å²) >= 11 is 0. The minimum atomic E-state index is -4.25. The van der Waals surface area contributed by atoms with Gasteiger partial charge in [-0.1, -0.05) is 6.07 Å². The number of aliphatic imine (C=N–C) groups is 1. The van der Waals surface area contributed by atoms with Gasteiger partial charge in [0.25, 0.3) is 0 Å². The van der Waals surface area contributed by atoms with Crippen molar-refractivity contribution >= 4 is 6.21 Å². The fraction of sp³-hybridized carbons (Fsp3) is 0.300. The molecule has 4 heteroatoms. The van der Waals surface area contributed by atoms with Crippen molar-refractivity contribution in [3.05, 3.63) is 34.9 Å². The minimum absolute atomic E-state index is 0.577. The highest BCUT2D eigenvalue weighted by Gasteiger charge is 2.30. The zero-order chi connectivity index (χ0) is 10.2. The molecule has 0 fully saturated rings. The normalized spacial score (nSPS) is 15.4. The van der Waals surface area contributed by atoms with E-state index in [4.69, 9.17) is 0 Å². The maximum absolute atomic E-state index is 12.3. The lowest BCUT2D eigenvalue weighted by atomic mass is 10.00. The fourth-order valence-electron chi connectivity index (χ4n) is 1.47. The molecule has 1 aromatic rings. The van der Waals surface area contributed by atoms with Gasteiger partial charge in [-0.25, -0.2) is 0 Å². The van der Waals surface area contributed by atoms with E-state index in [1.165, 1.54) is 12.1 Å². The summed E-state index contributed by atoms with van der Waals surface area (Å²) in [6.07, 6.45) is -2.03. The Bertz CT molecular complexity index is 379. The van der Waals surface area contributed by atoms with Gasteiger partial charge in [0.1, 0.15) is 0 Å². The Morgan fingerprint density at radius 3 is 2.71 bits per heavy atom. The molecule has 1 nitrogen and oxygen atoms in total. The van der Waals surface area contributed by atoms with Crippen LogP contribution in [-0.2, 0) is 12.6 Å². The van der Waals surface area contributed by atoms with Gasteiger partial charge in [0.05, 0.1) is 5.56 Å². The van der Waals surface area contributed by atoms with Crippen LogP contribution >= 0.6 is 0 Å². The number of fused-ring (bicyclic) bond motifs is 1. The van der Waals surface area contributed by atoms with Gasteiger partial charge in [0.2, 0.25) is 0 Å². The summed E-state index contributed by atoms with van der Waals surface area (Å²) in [4.78, 5) is 4.00. The minimum Gasteiger partial charge on any atom is -0.292 e. The molecule has 2 rings (SSSR count). The Kier molecular flexibility index (Phi) is 2.06. The van der Waals surface area contributed by atoms with Crippen LogP contribution in [0.5, 0.6) is 0 Å².